The van der Waals surface area contributed by atoms with Crippen molar-refractivity contribution in [3.63, 3.8) is 0 Å². The maximum Gasteiger partial charge on any atom is 0.490 e. The van der Waals surface area contributed by atoms with Gasteiger partial charge in [-0.05, 0) is 25.8 Å². The molecule has 0 radical (unpaired) electrons. The number of alkyl halides is 6. The van der Waals surface area contributed by atoms with Crippen LogP contribution in [0.5, 0.6) is 0 Å². The fourth-order valence-electron chi connectivity index (χ4n) is 2.38. The van der Waals surface area contributed by atoms with Gasteiger partial charge in [0.25, 0.3) is 0 Å². The first-order valence-electron chi connectivity index (χ1n) is 9.47. The number of hydrogen-bond donors (Lipinski definition) is 4. The summed E-state index contributed by atoms with van der Waals surface area (Å²) < 4.78 is 69.1. The molecule has 33 heavy (non-hydrogen) atoms. The molecule has 0 aromatic carbocycles. The lowest BCUT2D eigenvalue weighted by Crippen LogP contribution is -2.49. The largest absolute Gasteiger partial charge is 0.490 e. The molecule has 1 aromatic rings. The fraction of sp³-hybridized carbons (Fsp3) is 0.588. The Hall–Kier alpha value is -2.75. The molecule has 1 saturated heterocycles. The van der Waals surface area contributed by atoms with Crippen molar-refractivity contribution in [1.82, 2.24) is 20.8 Å². The summed E-state index contributed by atoms with van der Waals surface area (Å²) >= 11 is 0.247. The van der Waals surface area contributed by atoms with Crippen molar-refractivity contribution in [2.45, 2.75) is 57.0 Å². The monoisotopic (exact) mass is 505 g/mol. The highest BCUT2D eigenvalue weighted by Crippen LogP contribution is 2.32. The summed E-state index contributed by atoms with van der Waals surface area (Å²) in [6, 6.07) is -0.584. The number of halogens is 6. The van der Waals surface area contributed by atoms with Crippen molar-refractivity contribution in [1.29, 1.82) is 0 Å². The Morgan fingerprint density at radius 1 is 1.21 bits per heavy atom. The molecule has 4 N–H and O–H groups in total. The quantitative estimate of drug-likeness (QED) is 0.345. The van der Waals surface area contributed by atoms with E-state index in [0.29, 0.717) is 6.42 Å². The van der Waals surface area contributed by atoms with E-state index in [0.717, 1.165) is 31.9 Å². The van der Waals surface area contributed by atoms with Gasteiger partial charge in [0.05, 0.1) is 6.04 Å². The van der Waals surface area contributed by atoms with E-state index in [9.17, 15) is 35.9 Å². The molecule has 2 heterocycles. The van der Waals surface area contributed by atoms with Crippen LogP contribution in [0.15, 0.2) is 12.2 Å². The number of rotatable bonds is 6. The predicted molar refractivity (Wildman–Crippen MR) is 104 cm³/mol. The van der Waals surface area contributed by atoms with Gasteiger partial charge < -0.3 is 15.7 Å². The first kappa shape index (κ1) is 28.3. The summed E-state index contributed by atoms with van der Waals surface area (Å²) in [5, 5.41) is 20.2. The predicted octanol–water partition coefficient (Wildman–Crippen LogP) is 2.72. The zero-order valence-electron chi connectivity index (χ0n) is 17.1. The number of hydrogen-bond acceptors (Lipinski definition) is 7. The van der Waals surface area contributed by atoms with Gasteiger partial charge in [0.1, 0.15) is 0 Å². The van der Waals surface area contributed by atoms with Gasteiger partial charge >= 0.3 is 18.3 Å². The van der Waals surface area contributed by atoms with Crippen molar-refractivity contribution < 1.29 is 45.8 Å². The first-order chi connectivity index (χ1) is 15.2. The van der Waals surface area contributed by atoms with Gasteiger partial charge in [-0.25, -0.2) is 4.79 Å². The van der Waals surface area contributed by atoms with E-state index in [2.05, 4.69) is 26.1 Å². The smallest absolute Gasteiger partial charge is 0.475 e. The molecular formula is C17H21F6N5O4S. The molecule has 0 saturated carbocycles. The number of nitrogens with one attached hydrogen (secondary N) is 3. The molecule has 0 unspecified atom stereocenters. The molecule has 1 fully saturated rings. The van der Waals surface area contributed by atoms with Crippen molar-refractivity contribution >= 4 is 34.3 Å². The molecule has 2 atom stereocenters. The normalized spacial score (nSPS) is 17.6. The van der Waals surface area contributed by atoms with Gasteiger partial charge in [0, 0.05) is 12.1 Å². The second-order valence-corrected chi connectivity index (χ2v) is 7.56. The van der Waals surface area contributed by atoms with Crippen LogP contribution in [0, 0.1) is 0 Å². The minimum absolute atomic E-state index is 0.124. The molecule has 0 bridgehead atoms. The van der Waals surface area contributed by atoms with E-state index < -0.39 is 29.2 Å². The third-order valence-electron chi connectivity index (χ3n) is 4.01. The van der Waals surface area contributed by atoms with E-state index in [1.807, 2.05) is 6.92 Å². The highest BCUT2D eigenvalue weighted by Gasteiger charge is 2.38. The second kappa shape index (κ2) is 12.5. The number of carbonyl (C=O) groups is 3. The summed E-state index contributed by atoms with van der Waals surface area (Å²) in [5.41, 5.74) is 0. The van der Waals surface area contributed by atoms with E-state index in [-0.39, 0.29) is 34.5 Å². The van der Waals surface area contributed by atoms with Crippen molar-refractivity contribution in [2.75, 3.05) is 11.9 Å². The summed E-state index contributed by atoms with van der Waals surface area (Å²) in [5.74, 6) is -3.52. The average molecular weight is 505 g/mol. The molecule has 1 aliphatic rings. The van der Waals surface area contributed by atoms with Gasteiger partial charge in [-0.15, -0.1) is 10.2 Å². The van der Waals surface area contributed by atoms with Crippen LogP contribution in [0.25, 0.3) is 0 Å². The van der Waals surface area contributed by atoms with Crippen LogP contribution in [-0.2, 0) is 20.6 Å². The number of piperidine rings is 1. The molecule has 16 heteroatoms. The van der Waals surface area contributed by atoms with Gasteiger partial charge in [0.2, 0.25) is 22.0 Å². The highest BCUT2D eigenvalue weighted by atomic mass is 32.1. The van der Waals surface area contributed by atoms with E-state index in [1.54, 1.807) is 0 Å². The molecule has 186 valence electrons. The third kappa shape index (κ3) is 10.6. The number of aliphatic carboxylic acids is 1. The SMILES string of the molecule is CC[C@@H](/C=C/C(=O)Nc1nnc(C(F)(F)F)s1)NC(=O)[C@@H]1CCCCN1.O=C(O)C(F)(F)F. The second-order valence-electron chi connectivity index (χ2n) is 6.59. The summed E-state index contributed by atoms with van der Waals surface area (Å²) in [7, 11) is 0. The van der Waals surface area contributed by atoms with Gasteiger partial charge in [-0.2, -0.15) is 26.3 Å². The highest BCUT2D eigenvalue weighted by molar-refractivity contribution is 7.15. The van der Waals surface area contributed by atoms with Gasteiger partial charge in [-0.3, -0.25) is 14.9 Å². The Morgan fingerprint density at radius 3 is 2.30 bits per heavy atom. The molecule has 2 amide bonds. The maximum absolute atomic E-state index is 12.4. The molecule has 1 aromatic heterocycles. The first-order valence-corrected chi connectivity index (χ1v) is 10.3. The zero-order chi connectivity index (χ0) is 25.2. The number of anilines is 1. The Balaban J connectivity index is 0.000000675. The summed E-state index contributed by atoms with van der Waals surface area (Å²) in [6.07, 6.45) is -3.64. The Bertz CT molecular complexity index is 837. The number of aromatic nitrogens is 2. The molecular weight excluding hydrogens is 484 g/mol. The topological polar surface area (TPSA) is 133 Å². The van der Waals surface area contributed by atoms with Crippen LogP contribution < -0.4 is 16.0 Å². The van der Waals surface area contributed by atoms with Crippen molar-refractivity contribution in [3.8, 4) is 0 Å². The average Bonchev–Trinajstić information content (AvgIpc) is 3.20. The molecule has 2 rings (SSSR count). The Labute approximate surface area is 187 Å². The molecule has 0 spiro atoms. The minimum atomic E-state index is -5.08. The zero-order valence-corrected chi connectivity index (χ0v) is 17.9. The molecule has 0 aliphatic carbocycles. The lowest BCUT2D eigenvalue weighted by atomic mass is 10.0. The third-order valence-corrected chi connectivity index (χ3v) is 4.90. The number of nitrogens with zero attached hydrogens (tertiary/aromatic N) is 2. The Morgan fingerprint density at radius 2 is 1.85 bits per heavy atom. The Kier molecular flexibility index (Phi) is 10.7. The van der Waals surface area contributed by atoms with Crippen LogP contribution >= 0.6 is 11.3 Å². The lowest BCUT2D eigenvalue weighted by molar-refractivity contribution is -0.192. The number of carbonyl (C=O) groups excluding carboxylic acids is 2. The molecule has 1 aliphatic heterocycles. The maximum atomic E-state index is 12.4. The summed E-state index contributed by atoms with van der Waals surface area (Å²) in [4.78, 5) is 32.9. The van der Waals surface area contributed by atoms with Crippen molar-refractivity contribution in [2.24, 2.45) is 0 Å². The lowest BCUT2D eigenvalue weighted by Gasteiger charge is -2.24. The van der Waals surface area contributed by atoms with E-state index in [4.69, 9.17) is 9.90 Å². The fourth-order valence-corrected chi connectivity index (χ4v) is 3.00. The van der Waals surface area contributed by atoms with E-state index in [1.165, 1.54) is 6.08 Å². The van der Waals surface area contributed by atoms with Gasteiger partial charge in [0.15, 0.2) is 0 Å². The van der Waals surface area contributed by atoms with Gasteiger partial charge in [-0.1, -0.05) is 30.8 Å². The number of amides is 2. The number of carboxylic acids is 1. The van der Waals surface area contributed by atoms with E-state index >= 15 is 0 Å². The van der Waals surface area contributed by atoms with Crippen molar-refractivity contribution in [3.05, 3.63) is 17.2 Å². The standard InChI is InChI=1S/C15H20F3N5O2S.C2HF3O2/c1-2-9(20-12(25)10-5-3-4-8-19-10)6-7-11(24)21-14-23-22-13(26-14)15(16,17)18;3-2(4,5)1(6)7/h6-7,9-10,19H,2-5,8H2,1H3,(H,20,25)(H,21,23,24);(H,6,7)/b7-6+;/t9-,10-;/m0./s1. The van der Waals surface area contributed by atoms with Crippen LogP contribution in [-0.4, -0.2) is 57.9 Å². The van der Waals surface area contributed by atoms with Crippen LogP contribution in [0.2, 0.25) is 0 Å². The van der Waals surface area contributed by atoms with Crippen LogP contribution in [0.4, 0.5) is 31.5 Å². The summed E-state index contributed by atoms with van der Waals surface area (Å²) in [6.45, 7) is 2.65. The van der Waals surface area contributed by atoms with Crippen LogP contribution in [0.3, 0.4) is 0 Å². The minimum Gasteiger partial charge on any atom is -0.475 e. The number of carboxylic acid groups (broad SMARTS) is 1. The molecule has 9 nitrogen and oxygen atoms in total. The van der Waals surface area contributed by atoms with Crippen LogP contribution in [0.1, 0.15) is 37.6 Å².